The smallest absolute Gasteiger partial charge is 0.382 e. The molecule has 0 bridgehead atoms. The van der Waals surface area contributed by atoms with Crippen LogP contribution in [0.3, 0.4) is 0 Å². The molecular formula is C15H17F3N4O. The summed E-state index contributed by atoms with van der Waals surface area (Å²) in [5, 5.41) is 10.7. The molecule has 0 amide bonds. The average molecular weight is 326 g/mol. The van der Waals surface area contributed by atoms with E-state index in [0.717, 1.165) is 12.3 Å². The van der Waals surface area contributed by atoms with Crippen LogP contribution in [0.25, 0.3) is 0 Å². The van der Waals surface area contributed by atoms with Gasteiger partial charge in [0.15, 0.2) is 0 Å². The number of alkyl halides is 3. The van der Waals surface area contributed by atoms with Crippen molar-refractivity contribution in [3.05, 3.63) is 42.1 Å². The highest BCUT2D eigenvalue weighted by molar-refractivity contribution is 5.40. The quantitative estimate of drug-likeness (QED) is 0.920. The van der Waals surface area contributed by atoms with Crippen molar-refractivity contribution in [1.29, 1.82) is 0 Å². The van der Waals surface area contributed by atoms with Crippen LogP contribution < -0.4 is 4.90 Å². The number of aliphatic hydroxyl groups is 1. The molecule has 1 aliphatic rings. The summed E-state index contributed by atoms with van der Waals surface area (Å²) in [6, 6.07) is 2.40. The number of nitrogens with zero attached hydrogens (tertiary/aromatic N) is 4. The predicted molar refractivity (Wildman–Crippen MR) is 77.8 cm³/mol. The van der Waals surface area contributed by atoms with E-state index in [0.29, 0.717) is 37.6 Å². The van der Waals surface area contributed by atoms with E-state index < -0.39 is 17.3 Å². The normalized spacial score (nSPS) is 18.2. The monoisotopic (exact) mass is 326 g/mol. The van der Waals surface area contributed by atoms with Gasteiger partial charge < -0.3 is 14.6 Å². The Bertz CT molecular complexity index is 673. The van der Waals surface area contributed by atoms with Gasteiger partial charge in [0.1, 0.15) is 17.2 Å². The van der Waals surface area contributed by atoms with Crippen molar-refractivity contribution < 1.29 is 18.3 Å². The maximum atomic E-state index is 12.6. The second-order valence-corrected chi connectivity index (χ2v) is 5.78. The molecule has 0 saturated carbocycles. The number of rotatable bonds is 2. The summed E-state index contributed by atoms with van der Waals surface area (Å²) in [5.41, 5.74) is -1.77. The van der Waals surface area contributed by atoms with E-state index in [-0.39, 0.29) is 0 Å². The molecule has 3 rings (SSSR count). The molecule has 2 aromatic heterocycles. The molecule has 23 heavy (non-hydrogen) atoms. The summed E-state index contributed by atoms with van der Waals surface area (Å²) < 4.78 is 39.5. The summed E-state index contributed by atoms with van der Waals surface area (Å²) in [4.78, 5) is 9.97. The van der Waals surface area contributed by atoms with Gasteiger partial charge in [0.2, 0.25) is 0 Å². The van der Waals surface area contributed by atoms with Gasteiger partial charge in [0, 0.05) is 51.6 Å². The van der Waals surface area contributed by atoms with Gasteiger partial charge in [-0.1, -0.05) is 0 Å². The molecule has 1 fully saturated rings. The lowest BCUT2D eigenvalue weighted by Gasteiger charge is -2.38. The second kappa shape index (κ2) is 5.52. The summed E-state index contributed by atoms with van der Waals surface area (Å²) in [6.45, 7) is 1.00. The van der Waals surface area contributed by atoms with Crippen molar-refractivity contribution >= 4 is 5.82 Å². The van der Waals surface area contributed by atoms with Crippen LogP contribution in [-0.4, -0.2) is 32.7 Å². The van der Waals surface area contributed by atoms with Gasteiger partial charge in [0.25, 0.3) is 0 Å². The Morgan fingerprint density at radius 3 is 2.35 bits per heavy atom. The minimum Gasteiger partial charge on any atom is -0.382 e. The molecule has 1 aliphatic heterocycles. The van der Waals surface area contributed by atoms with Crippen molar-refractivity contribution in [2.75, 3.05) is 18.0 Å². The van der Waals surface area contributed by atoms with Crippen LogP contribution in [-0.2, 0) is 18.8 Å². The molecule has 1 saturated heterocycles. The Labute approximate surface area is 131 Å². The first kappa shape index (κ1) is 15.8. The maximum absolute atomic E-state index is 12.6. The van der Waals surface area contributed by atoms with E-state index >= 15 is 0 Å². The van der Waals surface area contributed by atoms with Crippen molar-refractivity contribution in [1.82, 2.24) is 14.5 Å². The molecule has 0 unspecified atom stereocenters. The highest BCUT2D eigenvalue weighted by Gasteiger charge is 2.37. The molecule has 0 radical (unpaired) electrons. The Morgan fingerprint density at radius 2 is 1.87 bits per heavy atom. The van der Waals surface area contributed by atoms with Gasteiger partial charge in [-0.3, -0.25) is 0 Å². The number of aryl methyl sites for hydroxylation is 1. The van der Waals surface area contributed by atoms with E-state index in [2.05, 4.69) is 9.97 Å². The molecule has 0 atom stereocenters. The highest BCUT2D eigenvalue weighted by atomic mass is 19.4. The molecule has 124 valence electrons. The number of aromatic nitrogens is 3. The fourth-order valence-corrected chi connectivity index (χ4v) is 2.88. The van der Waals surface area contributed by atoms with Gasteiger partial charge in [0.05, 0.1) is 5.56 Å². The lowest BCUT2D eigenvalue weighted by Crippen LogP contribution is -2.44. The van der Waals surface area contributed by atoms with Crippen LogP contribution in [0.1, 0.15) is 24.2 Å². The minimum atomic E-state index is -4.38. The van der Waals surface area contributed by atoms with E-state index in [1.54, 1.807) is 17.0 Å². The molecule has 5 nitrogen and oxygen atoms in total. The van der Waals surface area contributed by atoms with Gasteiger partial charge in [-0.05, 0) is 12.1 Å². The van der Waals surface area contributed by atoms with E-state index in [4.69, 9.17) is 0 Å². The van der Waals surface area contributed by atoms with Crippen LogP contribution in [0.5, 0.6) is 0 Å². The predicted octanol–water partition coefficient (Wildman–Crippen LogP) is 2.32. The van der Waals surface area contributed by atoms with Gasteiger partial charge >= 0.3 is 6.18 Å². The van der Waals surface area contributed by atoms with Crippen molar-refractivity contribution in [2.45, 2.75) is 24.6 Å². The van der Waals surface area contributed by atoms with Crippen molar-refractivity contribution in [2.24, 2.45) is 7.05 Å². The number of pyridine rings is 1. The lowest BCUT2D eigenvalue weighted by molar-refractivity contribution is -0.137. The molecule has 0 spiro atoms. The SMILES string of the molecule is Cn1ccnc1C1(O)CCN(c2ccc(C(F)(F)F)cn2)CC1. The fraction of sp³-hybridized carbons (Fsp3) is 0.467. The van der Waals surface area contributed by atoms with Gasteiger partial charge in [-0.2, -0.15) is 13.2 Å². The third-order valence-electron chi connectivity index (χ3n) is 4.23. The maximum Gasteiger partial charge on any atom is 0.417 e. The number of hydrogen-bond donors (Lipinski definition) is 1. The molecule has 8 heteroatoms. The molecule has 0 aromatic carbocycles. The molecule has 3 heterocycles. The summed E-state index contributed by atoms with van der Waals surface area (Å²) in [6.07, 6.45) is 0.760. The topological polar surface area (TPSA) is 54.2 Å². The van der Waals surface area contributed by atoms with Gasteiger partial charge in [-0.15, -0.1) is 0 Å². The van der Waals surface area contributed by atoms with E-state index in [9.17, 15) is 18.3 Å². The zero-order chi connectivity index (χ0) is 16.7. The second-order valence-electron chi connectivity index (χ2n) is 5.78. The van der Waals surface area contributed by atoms with Crippen molar-refractivity contribution in [3.8, 4) is 0 Å². The van der Waals surface area contributed by atoms with Gasteiger partial charge in [-0.25, -0.2) is 9.97 Å². The first-order valence-electron chi connectivity index (χ1n) is 7.28. The van der Waals surface area contributed by atoms with Crippen LogP contribution in [0.2, 0.25) is 0 Å². The first-order chi connectivity index (χ1) is 10.8. The Balaban J connectivity index is 1.71. The van der Waals surface area contributed by atoms with Crippen molar-refractivity contribution in [3.63, 3.8) is 0 Å². The van der Waals surface area contributed by atoms with Crippen LogP contribution in [0, 0.1) is 0 Å². The molecule has 1 N–H and O–H groups in total. The number of imidazole rings is 1. The zero-order valence-electron chi connectivity index (χ0n) is 12.6. The molecule has 0 aliphatic carbocycles. The standard InChI is InChI=1S/C15H17F3N4O/c1-21-9-6-19-13(21)14(23)4-7-22(8-5-14)12-3-2-11(10-20-12)15(16,17)18/h2-3,6,9-10,23H,4-5,7-8H2,1H3. The van der Waals surface area contributed by atoms with Crippen LogP contribution >= 0.6 is 0 Å². The lowest BCUT2D eigenvalue weighted by atomic mass is 9.90. The summed E-state index contributed by atoms with van der Waals surface area (Å²) in [5.74, 6) is 1.09. The Morgan fingerprint density at radius 1 is 1.17 bits per heavy atom. The third kappa shape index (κ3) is 3.03. The fourth-order valence-electron chi connectivity index (χ4n) is 2.88. The molecule has 2 aromatic rings. The number of anilines is 1. The largest absolute Gasteiger partial charge is 0.417 e. The van der Waals surface area contributed by atoms with E-state index in [1.165, 1.54) is 6.07 Å². The Kier molecular flexibility index (Phi) is 3.79. The van der Waals surface area contributed by atoms with Crippen LogP contribution in [0.15, 0.2) is 30.7 Å². The summed E-state index contributed by atoms with van der Waals surface area (Å²) in [7, 11) is 1.82. The minimum absolute atomic E-state index is 0.445. The number of halogens is 3. The molecular weight excluding hydrogens is 309 g/mol. The third-order valence-corrected chi connectivity index (χ3v) is 4.23. The highest BCUT2D eigenvalue weighted by Crippen LogP contribution is 2.34. The van der Waals surface area contributed by atoms with Crippen LogP contribution in [0.4, 0.5) is 19.0 Å². The first-order valence-corrected chi connectivity index (χ1v) is 7.28. The van der Waals surface area contributed by atoms with E-state index in [1.807, 2.05) is 11.9 Å². The number of hydrogen-bond acceptors (Lipinski definition) is 4. The summed E-state index contributed by atoms with van der Waals surface area (Å²) >= 11 is 0. The number of piperidine rings is 1. The Hall–Kier alpha value is -2.09. The zero-order valence-corrected chi connectivity index (χ0v) is 12.6. The average Bonchev–Trinajstić information content (AvgIpc) is 2.94.